The quantitative estimate of drug-likeness (QED) is 0.893. The molecule has 0 aromatic carbocycles. The minimum absolute atomic E-state index is 0.0311. The summed E-state index contributed by atoms with van der Waals surface area (Å²) in [5.41, 5.74) is 0.169. The van der Waals surface area contributed by atoms with E-state index in [4.69, 9.17) is 0 Å². The number of aryl methyl sites for hydroxylation is 1. The van der Waals surface area contributed by atoms with Crippen molar-refractivity contribution < 1.29 is 9.90 Å². The van der Waals surface area contributed by atoms with E-state index in [2.05, 4.69) is 37.7 Å². The Morgan fingerprint density at radius 1 is 1.44 bits per heavy atom. The van der Waals surface area contributed by atoms with Gasteiger partial charge in [-0.15, -0.1) is 0 Å². The molecule has 1 unspecified atom stereocenters. The van der Waals surface area contributed by atoms with Crippen LogP contribution in [-0.2, 0) is 0 Å². The summed E-state index contributed by atoms with van der Waals surface area (Å²) in [6, 6.07) is 0.157. The number of nitrogens with zero attached hydrogens (tertiary/aromatic N) is 3. The third kappa shape index (κ3) is 2.97. The van der Waals surface area contributed by atoms with Crippen LogP contribution >= 0.6 is 0 Å². The third-order valence-corrected chi connectivity index (χ3v) is 3.29. The van der Waals surface area contributed by atoms with E-state index in [1.54, 1.807) is 6.92 Å². The van der Waals surface area contributed by atoms with E-state index in [0.717, 1.165) is 0 Å². The third-order valence-electron chi connectivity index (χ3n) is 3.29. The highest BCUT2D eigenvalue weighted by molar-refractivity contribution is 5.92. The highest BCUT2D eigenvalue weighted by atomic mass is 16.4. The summed E-state index contributed by atoms with van der Waals surface area (Å²) < 4.78 is 0. The van der Waals surface area contributed by atoms with Crippen molar-refractivity contribution in [2.75, 3.05) is 11.9 Å². The van der Waals surface area contributed by atoms with Gasteiger partial charge in [0.15, 0.2) is 0 Å². The molecule has 0 aliphatic carbocycles. The molecular weight excluding hydrogens is 230 g/mol. The second kappa shape index (κ2) is 4.92. The lowest BCUT2D eigenvalue weighted by Crippen LogP contribution is -2.40. The van der Waals surface area contributed by atoms with Crippen molar-refractivity contribution >= 4 is 11.8 Å². The lowest BCUT2D eigenvalue weighted by molar-refractivity contribution is 0.0696. The van der Waals surface area contributed by atoms with Crippen LogP contribution in [-0.4, -0.2) is 34.1 Å². The molecule has 0 aliphatic heterocycles. The van der Waals surface area contributed by atoms with Gasteiger partial charge in [-0.2, -0.15) is 0 Å². The Morgan fingerprint density at radius 3 is 2.44 bits per heavy atom. The summed E-state index contributed by atoms with van der Waals surface area (Å²) in [5, 5.41) is 9.18. The molecule has 0 radical (unpaired) electrons. The van der Waals surface area contributed by atoms with Crippen LogP contribution in [0.25, 0.3) is 0 Å². The molecule has 0 aliphatic rings. The van der Waals surface area contributed by atoms with E-state index in [1.165, 1.54) is 6.20 Å². The molecule has 100 valence electrons. The van der Waals surface area contributed by atoms with Gasteiger partial charge >= 0.3 is 5.97 Å². The van der Waals surface area contributed by atoms with Gasteiger partial charge in [0.1, 0.15) is 17.2 Å². The SMILES string of the molecule is Cc1ncc(C(=O)O)c(N(C)C(C)C(C)(C)C)n1. The predicted octanol–water partition coefficient (Wildman–Crippen LogP) is 2.35. The van der Waals surface area contributed by atoms with Crippen LogP contribution in [0, 0.1) is 12.3 Å². The number of aromatic carboxylic acids is 1. The van der Waals surface area contributed by atoms with Gasteiger partial charge in [-0.05, 0) is 19.3 Å². The molecule has 5 heteroatoms. The van der Waals surface area contributed by atoms with Gasteiger partial charge in [0, 0.05) is 19.3 Å². The Labute approximate surface area is 108 Å². The van der Waals surface area contributed by atoms with Crippen molar-refractivity contribution in [2.24, 2.45) is 5.41 Å². The van der Waals surface area contributed by atoms with Crippen molar-refractivity contribution in [1.29, 1.82) is 0 Å². The molecule has 0 amide bonds. The van der Waals surface area contributed by atoms with Gasteiger partial charge in [0.05, 0.1) is 0 Å². The van der Waals surface area contributed by atoms with Crippen LogP contribution in [0.4, 0.5) is 5.82 Å². The van der Waals surface area contributed by atoms with Crippen LogP contribution in [0.15, 0.2) is 6.20 Å². The number of rotatable bonds is 3. The molecule has 0 fully saturated rings. The molecular formula is C13H21N3O2. The van der Waals surface area contributed by atoms with Crippen molar-refractivity contribution in [1.82, 2.24) is 9.97 Å². The topological polar surface area (TPSA) is 66.3 Å². The number of aromatic nitrogens is 2. The normalized spacial score (nSPS) is 13.2. The number of carbonyl (C=O) groups is 1. The minimum Gasteiger partial charge on any atom is -0.477 e. The fourth-order valence-corrected chi connectivity index (χ4v) is 1.64. The predicted molar refractivity (Wildman–Crippen MR) is 71.0 cm³/mol. The van der Waals surface area contributed by atoms with Gasteiger partial charge in [0.25, 0.3) is 0 Å². The molecule has 0 saturated carbocycles. The van der Waals surface area contributed by atoms with Gasteiger partial charge in [0.2, 0.25) is 0 Å². The number of hydrogen-bond acceptors (Lipinski definition) is 4. The smallest absolute Gasteiger partial charge is 0.341 e. The van der Waals surface area contributed by atoms with Crippen molar-refractivity contribution in [3.8, 4) is 0 Å². The molecule has 0 bridgehead atoms. The van der Waals surface area contributed by atoms with Gasteiger partial charge in [-0.25, -0.2) is 14.8 Å². The maximum Gasteiger partial charge on any atom is 0.341 e. The average Bonchev–Trinajstić information content (AvgIpc) is 2.25. The Bertz CT molecular complexity index is 452. The molecule has 1 rings (SSSR count). The van der Waals surface area contributed by atoms with E-state index in [9.17, 15) is 9.90 Å². The molecule has 1 aromatic heterocycles. The largest absolute Gasteiger partial charge is 0.477 e. The number of carboxylic acids is 1. The Morgan fingerprint density at radius 2 is 2.00 bits per heavy atom. The van der Waals surface area contributed by atoms with Crippen LogP contribution < -0.4 is 4.90 Å². The highest BCUT2D eigenvalue weighted by Crippen LogP contribution is 2.28. The standard InChI is InChI=1S/C13H21N3O2/c1-8(13(3,4)5)16(6)11-10(12(17)18)7-14-9(2)15-11/h7-8H,1-6H3,(H,17,18). The number of hydrogen-bond donors (Lipinski definition) is 1. The second-order valence-electron chi connectivity index (χ2n) is 5.61. The van der Waals surface area contributed by atoms with Gasteiger partial charge in [-0.1, -0.05) is 20.8 Å². The maximum absolute atomic E-state index is 11.2. The zero-order chi connectivity index (χ0) is 14.1. The molecule has 1 N–H and O–H groups in total. The van der Waals surface area contributed by atoms with E-state index in [-0.39, 0.29) is 17.0 Å². The van der Waals surface area contributed by atoms with Crippen LogP contribution in [0.5, 0.6) is 0 Å². The first-order valence-electron chi connectivity index (χ1n) is 5.94. The summed E-state index contributed by atoms with van der Waals surface area (Å²) in [4.78, 5) is 21.3. The van der Waals surface area contributed by atoms with Crippen LogP contribution in [0.3, 0.4) is 0 Å². The fourth-order valence-electron chi connectivity index (χ4n) is 1.64. The van der Waals surface area contributed by atoms with Crippen molar-refractivity contribution in [3.05, 3.63) is 17.6 Å². The lowest BCUT2D eigenvalue weighted by Gasteiger charge is -2.36. The van der Waals surface area contributed by atoms with Crippen molar-refractivity contribution in [2.45, 2.75) is 40.7 Å². The summed E-state index contributed by atoms with van der Waals surface area (Å²) in [7, 11) is 1.87. The van der Waals surface area contributed by atoms with E-state index < -0.39 is 5.97 Å². The van der Waals surface area contributed by atoms with Crippen LogP contribution in [0.1, 0.15) is 43.9 Å². The average molecular weight is 251 g/mol. The summed E-state index contributed by atoms with van der Waals surface area (Å²) in [6.45, 7) is 10.2. The summed E-state index contributed by atoms with van der Waals surface area (Å²) in [5.74, 6) is 0.0401. The Kier molecular flexibility index (Phi) is 3.94. The van der Waals surface area contributed by atoms with Crippen LogP contribution in [0.2, 0.25) is 0 Å². The zero-order valence-electron chi connectivity index (χ0n) is 11.9. The molecule has 5 nitrogen and oxygen atoms in total. The molecule has 1 atom stereocenters. The minimum atomic E-state index is -1.00. The molecule has 0 saturated heterocycles. The van der Waals surface area contributed by atoms with Gasteiger partial charge in [-0.3, -0.25) is 0 Å². The number of carboxylic acid groups (broad SMARTS) is 1. The monoisotopic (exact) mass is 251 g/mol. The fraction of sp³-hybridized carbons (Fsp3) is 0.615. The Hall–Kier alpha value is -1.65. The first-order chi connectivity index (χ1) is 8.14. The van der Waals surface area contributed by atoms with E-state index in [1.807, 2.05) is 11.9 Å². The summed E-state index contributed by atoms with van der Waals surface area (Å²) >= 11 is 0. The molecule has 1 aromatic rings. The van der Waals surface area contributed by atoms with Crippen molar-refractivity contribution in [3.63, 3.8) is 0 Å². The zero-order valence-corrected chi connectivity index (χ0v) is 11.9. The highest BCUT2D eigenvalue weighted by Gasteiger charge is 2.27. The first kappa shape index (κ1) is 14.4. The molecule has 18 heavy (non-hydrogen) atoms. The van der Waals surface area contributed by atoms with E-state index in [0.29, 0.717) is 11.6 Å². The first-order valence-corrected chi connectivity index (χ1v) is 5.94. The Balaban J connectivity index is 3.23. The maximum atomic E-state index is 11.2. The molecule has 0 spiro atoms. The molecule has 1 heterocycles. The van der Waals surface area contributed by atoms with E-state index >= 15 is 0 Å². The lowest BCUT2D eigenvalue weighted by atomic mass is 9.87. The number of anilines is 1. The second-order valence-corrected chi connectivity index (χ2v) is 5.61. The summed E-state index contributed by atoms with van der Waals surface area (Å²) in [6.07, 6.45) is 1.37. The van der Waals surface area contributed by atoms with Gasteiger partial charge < -0.3 is 10.0 Å².